The van der Waals surface area contributed by atoms with Gasteiger partial charge in [0.05, 0.1) is 41.7 Å². The van der Waals surface area contributed by atoms with Crippen LogP contribution in [-0.2, 0) is 0 Å². The van der Waals surface area contributed by atoms with Gasteiger partial charge >= 0.3 is 0 Å². The Bertz CT molecular complexity index is 867. The molecule has 2 heterocycles. The number of nitrogens with zero attached hydrogens (tertiary/aromatic N) is 2. The van der Waals surface area contributed by atoms with Gasteiger partial charge in [-0.3, -0.25) is 9.97 Å². The van der Waals surface area contributed by atoms with E-state index in [1.807, 2.05) is 18.2 Å². The van der Waals surface area contributed by atoms with Crippen LogP contribution in [0.1, 0.15) is 39.5 Å². The molecule has 5 heteroatoms. The molecule has 132 valence electrons. The summed E-state index contributed by atoms with van der Waals surface area (Å²) in [6, 6.07) is 5.82. The van der Waals surface area contributed by atoms with Crippen molar-refractivity contribution in [3.05, 3.63) is 35.6 Å². The summed E-state index contributed by atoms with van der Waals surface area (Å²) in [5.41, 5.74) is 1.60. The minimum atomic E-state index is 0.642. The molecule has 0 bridgehead atoms. The van der Waals surface area contributed by atoms with Gasteiger partial charge in [0, 0.05) is 10.8 Å². The zero-order valence-electron chi connectivity index (χ0n) is 14.7. The van der Waals surface area contributed by atoms with E-state index in [1.54, 1.807) is 12.4 Å². The van der Waals surface area contributed by atoms with Crippen LogP contribution in [0, 0.1) is 0 Å². The molecule has 0 radical (unpaired) electrons. The monoisotopic (exact) mass is 358 g/mol. The van der Waals surface area contributed by atoms with Crippen LogP contribution < -0.4 is 9.47 Å². The minimum Gasteiger partial charge on any atom is -0.492 e. The van der Waals surface area contributed by atoms with Crippen molar-refractivity contribution in [1.29, 1.82) is 0 Å². The summed E-state index contributed by atoms with van der Waals surface area (Å²) in [6.07, 6.45) is 7.73. The molecular formula is C20H23ClN2O2. The van der Waals surface area contributed by atoms with Crippen molar-refractivity contribution in [2.45, 2.75) is 39.5 Å². The van der Waals surface area contributed by atoms with Crippen LogP contribution in [0.4, 0.5) is 0 Å². The van der Waals surface area contributed by atoms with E-state index in [2.05, 4.69) is 23.8 Å². The average Bonchev–Trinajstić information content (AvgIpc) is 2.62. The third kappa shape index (κ3) is 4.13. The first-order valence-electron chi connectivity index (χ1n) is 8.86. The largest absolute Gasteiger partial charge is 0.492 e. The molecule has 2 aromatic heterocycles. The molecule has 0 saturated carbocycles. The lowest BCUT2D eigenvalue weighted by Crippen LogP contribution is -1.98. The number of hydrogen-bond acceptors (Lipinski definition) is 4. The van der Waals surface area contributed by atoms with Gasteiger partial charge in [0.2, 0.25) is 0 Å². The average molecular weight is 359 g/mol. The molecule has 0 aliphatic rings. The number of fused-ring (bicyclic) bond motifs is 3. The molecule has 0 aliphatic carbocycles. The number of ether oxygens (including phenoxy) is 2. The van der Waals surface area contributed by atoms with Crippen LogP contribution in [0.2, 0.25) is 5.02 Å². The number of halogens is 1. The van der Waals surface area contributed by atoms with Gasteiger partial charge in [-0.25, -0.2) is 0 Å². The molecule has 0 amide bonds. The number of benzene rings is 1. The fraction of sp³-hybridized carbons (Fsp3) is 0.400. The Morgan fingerprint density at radius 3 is 2.08 bits per heavy atom. The lowest BCUT2D eigenvalue weighted by atomic mass is 10.1. The SMILES string of the molecule is CCCCOc1cnc2c(c1)cc(Cl)c1cc(OCCCC)cnc12. The van der Waals surface area contributed by atoms with E-state index in [-0.39, 0.29) is 0 Å². The van der Waals surface area contributed by atoms with Crippen molar-refractivity contribution in [1.82, 2.24) is 9.97 Å². The predicted octanol–water partition coefficient (Wildman–Crippen LogP) is 5.79. The maximum atomic E-state index is 6.48. The second-order valence-corrected chi connectivity index (χ2v) is 6.48. The van der Waals surface area contributed by atoms with Gasteiger partial charge in [0.15, 0.2) is 0 Å². The Kier molecular flexibility index (Phi) is 5.92. The second kappa shape index (κ2) is 8.34. The van der Waals surface area contributed by atoms with E-state index in [4.69, 9.17) is 21.1 Å². The highest BCUT2D eigenvalue weighted by atomic mass is 35.5. The van der Waals surface area contributed by atoms with E-state index in [1.165, 1.54) is 0 Å². The molecule has 4 nitrogen and oxygen atoms in total. The zero-order chi connectivity index (χ0) is 17.6. The van der Waals surface area contributed by atoms with Crippen molar-refractivity contribution >= 4 is 33.4 Å². The fourth-order valence-corrected chi connectivity index (χ4v) is 2.89. The van der Waals surface area contributed by atoms with Crippen molar-refractivity contribution in [3.8, 4) is 11.5 Å². The molecule has 0 unspecified atom stereocenters. The minimum absolute atomic E-state index is 0.642. The first-order chi connectivity index (χ1) is 12.2. The highest BCUT2D eigenvalue weighted by molar-refractivity contribution is 6.37. The van der Waals surface area contributed by atoms with E-state index in [0.717, 1.165) is 59.0 Å². The van der Waals surface area contributed by atoms with E-state index < -0.39 is 0 Å². The van der Waals surface area contributed by atoms with Gasteiger partial charge < -0.3 is 9.47 Å². The van der Waals surface area contributed by atoms with Gasteiger partial charge in [-0.2, -0.15) is 0 Å². The molecule has 0 aliphatic heterocycles. The number of rotatable bonds is 8. The summed E-state index contributed by atoms with van der Waals surface area (Å²) in [5.74, 6) is 1.50. The van der Waals surface area contributed by atoms with Gasteiger partial charge in [-0.05, 0) is 31.0 Å². The van der Waals surface area contributed by atoms with E-state index in [9.17, 15) is 0 Å². The van der Waals surface area contributed by atoms with Crippen LogP contribution in [0.3, 0.4) is 0 Å². The molecule has 0 N–H and O–H groups in total. The Morgan fingerprint density at radius 1 is 0.840 bits per heavy atom. The molecule has 3 aromatic rings. The summed E-state index contributed by atoms with van der Waals surface area (Å²) < 4.78 is 11.5. The molecule has 3 rings (SSSR count). The van der Waals surface area contributed by atoms with Gasteiger partial charge in [-0.1, -0.05) is 38.3 Å². The zero-order valence-corrected chi connectivity index (χ0v) is 15.5. The van der Waals surface area contributed by atoms with Crippen molar-refractivity contribution < 1.29 is 9.47 Å². The lowest BCUT2D eigenvalue weighted by molar-refractivity contribution is 0.308. The van der Waals surface area contributed by atoms with Crippen LogP contribution in [0.25, 0.3) is 21.8 Å². The standard InChI is InChI=1S/C20H23ClN2O2/c1-3-5-7-24-15-9-14-10-18(21)17-11-16(25-8-6-4-2)13-23-20(17)19(14)22-12-15/h9-13H,3-8H2,1-2H3. The first kappa shape index (κ1) is 17.7. The highest BCUT2D eigenvalue weighted by Gasteiger charge is 2.10. The fourth-order valence-electron chi connectivity index (χ4n) is 2.63. The quantitative estimate of drug-likeness (QED) is 0.377. The molecule has 25 heavy (non-hydrogen) atoms. The Morgan fingerprint density at radius 2 is 1.44 bits per heavy atom. The molecule has 0 fully saturated rings. The van der Waals surface area contributed by atoms with E-state index >= 15 is 0 Å². The van der Waals surface area contributed by atoms with Crippen LogP contribution >= 0.6 is 11.6 Å². The van der Waals surface area contributed by atoms with E-state index in [0.29, 0.717) is 18.2 Å². The van der Waals surface area contributed by atoms with Gasteiger partial charge in [0.25, 0.3) is 0 Å². The van der Waals surface area contributed by atoms with Crippen LogP contribution in [0.5, 0.6) is 11.5 Å². The summed E-state index contributed by atoms with van der Waals surface area (Å²) in [5, 5.41) is 2.43. The third-order valence-electron chi connectivity index (χ3n) is 4.05. The van der Waals surface area contributed by atoms with Gasteiger partial charge in [-0.15, -0.1) is 0 Å². The normalized spacial score (nSPS) is 11.2. The van der Waals surface area contributed by atoms with Gasteiger partial charge in [0.1, 0.15) is 11.5 Å². The van der Waals surface area contributed by atoms with Crippen molar-refractivity contribution in [2.24, 2.45) is 0 Å². The number of hydrogen-bond donors (Lipinski definition) is 0. The summed E-state index contributed by atoms with van der Waals surface area (Å²) in [7, 11) is 0. The Hall–Kier alpha value is -2.07. The molecule has 0 saturated heterocycles. The summed E-state index contributed by atoms with van der Waals surface area (Å²) >= 11 is 6.48. The Balaban J connectivity index is 1.94. The van der Waals surface area contributed by atoms with Crippen molar-refractivity contribution in [3.63, 3.8) is 0 Å². The van der Waals surface area contributed by atoms with Crippen molar-refractivity contribution in [2.75, 3.05) is 13.2 Å². The number of aromatic nitrogens is 2. The second-order valence-electron chi connectivity index (χ2n) is 6.07. The first-order valence-corrected chi connectivity index (χ1v) is 9.24. The lowest BCUT2D eigenvalue weighted by Gasteiger charge is -2.10. The molecule has 0 atom stereocenters. The van der Waals surface area contributed by atoms with Crippen LogP contribution in [-0.4, -0.2) is 23.2 Å². The third-order valence-corrected chi connectivity index (χ3v) is 4.36. The maximum absolute atomic E-state index is 6.48. The summed E-state index contributed by atoms with van der Waals surface area (Å²) in [4.78, 5) is 9.09. The summed E-state index contributed by atoms with van der Waals surface area (Å²) in [6.45, 7) is 5.66. The molecule has 1 aromatic carbocycles. The van der Waals surface area contributed by atoms with Crippen LogP contribution in [0.15, 0.2) is 30.6 Å². The predicted molar refractivity (Wildman–Crippen MR) is 103 cm³/mol. The highest BCUT2D eigenvalue weighted by Crippen LogP contribution is 2.33. The molecular weight excluding hydrogens is 336 g/mol. The Labute approximate surface area is 153 Å². The smallest absolute Gasteiger partial charge is 0.138 e. The number of unbranched alkanes of at least 4 members (excludes halogenated alkanes) is 2. The topological polar surface area (TPSA) is 44.2 Å². The number of pyridine rings is 2. The maximum Gasteiger partial charge on any atom is 0.138 e. The molecule has 0 spiro atoms.